The molecule has 1 spiro atoms. The number of fused-ring (bicyclic) bond motifs is 6. The second-order valence-corrected chi connectivity index (χ2v) is 9.80. The summed E-state index contributed by atoms with van der Waals surface area (Å²) >= 11 is 0. The molecule has 1 atom stereocenters. The molecule has 6 rings (SSSR count). The number of aryl methyl sites for hydroxylation is 1. The first-order chi connectivity index (χ1) is 19.4. The lowest BCUT2D eigenvalue weighted by atomic mass is 9.73. The molecule has 2 heterocycles. The number of carboxylic acid groups (broad SMARTS) is 1. The van der Waals surface area contributed by atoms with E-state index in [4.69, 9.17) is 18.6 Å². The van der Waals surface area contributed by atoms with Crippen molar-refractivity contribution >= 4 is 28.7 Å². The minimum absolute atomic E-state index is 0.00621. The molecule has 11 nitrogen and oxygen atoms in total. The summed E-state index contributed by atoms with van der Waals surface area (Å²) in [7, 11) is 2.72. The van der Waals surface area contributed by atoms with Crippen LogP contribution in [0, 0.1) is 6.92 Å². The molecular formula is C30H22O11. The summed E-state index contributed by atoms with van der Waals surface area (Å²) in [5.74, 6) is -4.22. The van der Waals surface area contributed by atoms with Crippen molar-refractivity contribution in [2.45, 2.75) is 19.4 Å². The van der Waals surface area contributed by atoms with Crippen molar-refractivity contribution in [3.8, 4) is 39.9 Å². The van der Waals surface area contributed by atoms with Crippen LogP contribution in [0.4, 0.5) is 0 Å². The highest BCUT2D eigenvalue weighted by molar-refractivity contribution is 6.16. The number of hydrogen-bond acceptors (Lipinski definition) is 10. The summed E-state index contributed by atoms with van der Waals surface area (Å²) in [6.45, 7) is 3.16. The van der Waals surface area contributed by atoms with Crippen molar-refractivity contribution < 1.29 is 53.4 Å². The second-order valence-electron chi connectivity index (χ2n) is 9.80. The molecule has 208 valence electrons. The fraction of sp³-hybridized carbons (Fsp3) is 0.167. The van der Waals surface area contributed by atoms with Crippen LogP contribution in [0.3, 0.4) is 0 Å². The topological polar surface area (TPSA) is 173 Å². The van der Waals surface area contributed by atoms with Gasteiger partial charge in [0.15, 0.2) is 22.7 Å². The van der Waals surface area contributed by atoms with Gasteiger partial charge in [0.05, 0.1) is 19.8 Å². The van der Waals surface area contributed by atoms with Crippen molar-refractivity contribution in [1.82, 2.24) is 0 Å². The number of carbonyl (C=O) groups excluding carboxylic acids is 2. The fourth-order valence-corrected chi connectivity index (χ4v) is 5.88. The van der Waals surface area contributed by atoms with Crippen molar-refractivity contribution in [2.24, 2.45) is 0 Å². The number of carboxylic acids is 1. The standard InChI is InChI=1S/C30H22O11/c1-11-5-19(33)26-24(21(11)15-7-13(38-3)9-17(31)22(15)28(35)36)25-27(40-26)20(34)6-12(2)30(25)16-8-14(39-4)10-18(32)23(16)29(37)41-30/h5-10,31-33H,1-4H3,(H,35,36). The maximum atomic E-state index is 13.3. The van der Waals surface area contributed by atoms with E-state index in [1.165, 1.54) is 44.6 Å². The third-order valence-corrected chi connectivity index (χ3v) is 7.58. The van der Waals surface area contributed by atoms with Crippen LogP contribution >= 0.6 is 0 Å². The molecule has 1 unspecified atom stereocenters. The van der Waals surface area contributed by atoms with Gasteiger partial charge in [0.2, 0.25) is 5.78 Å². The number of phenolic OH excluding ortho intramolecular Hbond substituents is 2. The first kappa shape index (κ1) is 25.8. The Labute approximate surface area is 231 Å². The number of phenols is 3. The molecule has 0 bridgehead atoms. The molecule has 4 N–H and O–H groups in total. The van der Waals surface area contributed by atoms with Gasteiger partial charge in [0.1, 0.15) is 34.1 Å². The van der Waals surface area contributed by atoms with Crippen LogP contribution in [0.1, 0.15) is 54.9 Å². The minimum atomic E-state index is -1.83. The zero-order valence-corrected chi connectivity index (χ0v) is 22.1. The Hall–Kier alpha value is -5.45. The van der Waals surface area contributed by atoms with E-state index in [9.17, 15) is 34.8 Å². The number of ether oxygens (including phenoxy) is 3. The number of furan rings is 1. The Kier molecular flexibility index (Phi) is 5.36. The highest BCUT2D eigenvalue weighted by Crippen LogP contribution is 2.58. The molecule has 0 radical (unpaired) electrons. The number of hydrogen-bond donors (Lipinski definition) is 4. The van der Waals surface area contributed by atoms with E-state index in [2.05, 4.69) is 0 Å². The van der Waals surface area contributed by atoms with Crippen molar-refractivity contribution in [1.29, 1.82) is 0 Å². The number of esters is 1. The number of rotatable bonds is 4. The normalized spacial score (nSPS) is 17.3. The van der Waals surface area contributed by atoms with Gasteiger partial charge in [-0.3, -0.25) is 4.79 Å². The van der Waals surface area contributed by atoms with Gasteiger partial charge < -0.3 is 39.1 Å². The average Bonchev–Trinajstić information content (AvgIpc) is 3.45. The number of aromatic hydroxyl groups is 3. The molecule has 0 amide bonds. The van der Waals surface area contributed by atoms with Crippen molar-refractivity contribution in [3.05, 3.63) is 75.6 Å². The van der Waals surface area contributed by atoms with E-state index in [0.717, 1.165) is 6.07 Å². The van der Waals surface area contributed by atoms with Crippen LogP contribution in [0.25, 0.3) is 22.1 Å². The molecule has 1 aliphatic heterocycles. The Morgan fingerprint density at radius 3 is 2.20 bits per heavy atom. The van der Waals surface area contributed by atoms with Crippen molar-refractivity contribution in [2.75, 3.05) is 14.2 Å². The van der Waals surface area contributed by atoms with Gasteiger partial charge in [0.25, 0.3) is 0 Å². The Morgan fingerprint density at radius 2 is 1.54 bits per heavy atom. The summed E-state index contributed by atoms with van der Waals surface area (Å²) < 4.78 is 22.6. The number of benzene rings is 3. The van der Waals surface area contributed by atoms with Crippen LogP contribution < -0.4 is 9.47 Å². The fourth-order valence-electron chi connectivity index (χ4n) is 5.88. The number of aromatic carboxylic acids is 1. The first-order valence-corrected chi connectivity index (χ1v) is 12.3. The van der Waals surface area contributed by atoms with Gasteiger partial charge in [-0.2, -0.15) is 0 Å². The minimum Gasteiger partial charge on any atom is -0.507 e. The van der Waals surface area contributed by atoms with E-state index in [1.54, 1.807) is 13.8 Å². The van der Waals surface area contributed by atoms with Gasteiger partial charge in [-0.25, -0.2) is 9.59 Å². The molecular weight excluding hydrogens is 536 g/mol. The lowest BCUT2D eigenvalue weighted by Crippen LogP contribution is -2.34. The molecule has 0 saturated heterocycles. The molecule has 1 aliphatic carbocycles. The van der Waals surface area contributed by atoms with E-state index in [1.807, 2.05) is 0 Å². The highest BCUT2D eigenvalue weighted by atomic mass is 16.6. The summed E-state index contributed by atoms with van der Waals surface area (Å²) in [6.07, 6.45) is 1.23. The maximum absolute atomic E-state index is 13.3. The largest absolute Gasteiger partial charge is 0.507 e. The zero-order valence-electron chi connectivity index (χ0n) is 22.1. The van der Waals surface area contributed by atoms with E-state index in [0.29, 0.717) is 5.56 Å². The third kappa shape index (κ3) is 3.29. The summed E-state index contributed by atoms with van der Waals surface area (Å²) in [6, 6.07) is 6.61. The van der Waals surface area contributed by atoms with Gasteiger partial charge in [-0.1, -0.05) is 0 Å². The Balaban J connectivity index is 1.85. The van der Waals surface area contributed by atoms with E-state index >= 15 is 0 Å². The number of carbonyl (C=O) groups is 3. The van der Waals surface area contributed by atoms with E-state index in [-0.39, 0.29) is 67.4 Å². The quantitative estimate of drug-likeness (QED) is 0.253. The van der Waals surface area contributed by atoms with Crippen LogP contribution in [0.15, 0.2) is 46.4 Å². The molecule has 2 aliphatic rings. The smallest absolute Gasteiger partial charge is 0.343 e. The van der Waals surface area contributed by atoms with Crippen molar-refractivity contribution in [3.63, 3.8) is 0 Å². The summed E-state index contributed by atoms with van der Waals surface area (Å²) in [5.41, 5.74) is -1.68. The zero-order chi connectivity index (χ0) is 29.5. The molecule has 0 saturated carbocycles. The number of methoxy groups -OCH3 is 2. The van der Waals surface area contributed by atoms with Crippen LogP contribution in [-0.4, -0.2) is 52.4 Å². The van der Waals surface area contributed by atoms with Crippen LogP contribution in [0.5, 0.6) is 28.7 Å². The molecule has 11 heteroatoms. The molecule has 1 aromatic heterocycles. The Bertz CT molecular complexity index is 1910. The lowest BCUT2D eigenvalue weighted by Gasteiger charge is -2.33. The first-order valence-electron chi connectivity index (χ1n) is 12.3. The highest BCUT2D eigenvalue weighted by Gasteiger charge is 2.56. The monoisotopic (exact) mass is 558 g/mol. The number of ketones is 1. The van der Waals surface area contributed by atoms with Crippen LogP contribution in [-0.2, 0) is 10.3 Å². The summed E-state index contributed by atoms with van der Waals surface area (Å²) in [5, 5.41) is 42.5. The maximum Gasteiger partial charge on any atom is 0.343 e. The van der Waals surface area contributed by atoms with Gasteiger partial charge in [-0.05, 0) is 54.8 Å². The van der Waals surface area contributed by atoms with Gasteiger partial charge in [0, 0.05) is 28.6 Å². The molecule has 0 fully saturated rings. The number of allylic oxidation sites excluding steroid dienone is 1. The molecule has 41 heavy (non-hydrogen) atoms. The van der Waals surface area contributed by atoms with E-state index < -0.39 is 40.4 Å². The second kappa shape index (κ2) is 8.52. The van der Waals surface area contributed by atoms with Gasteiger partial charge >= 0.3 is 11.9 Å². The lowest BCUT2D eigenvalue weighted by molar-refractivity contribution is 0.0227. The predicted octanol–water partition coefficient (Wildman–Crippen LogP) is 4.80. The summed E-state index contributed by atoms with van der Waals surface area (Å²) in [4.78, 5) is 39.0. The molecule has 4 aromatic rings. The SMILES string of the molecule is COc1cc(O)c(C(=O)O)c(-c2c(C)cc(O)c3oc4c(c23)C2(OC(=O)c3c(O)cc(OC)cc32)C(C)=CC4=O)c1. The van der Waals surface area contributed by atoms with Gasteiger partial charge in [-0.15, -0.1) is 0 Å². The predicted molar refractivity (Wildman–Crippen MR) is 142 cm³/mol. The third-order valence-electron chi connectivity index (χ3n) is 7.58. The molecule has 3 aromatic carbocycles. The average molecular weight is 558 g/mol. The van der Waals surface area contributed by atoms with Crippen LogP contribution in [0.2, 0.25) is 0 Å². The Morgan fingerprint density at radius 1 is 0.878 bits per heavy atom.